The Morgan fingerprint density at radius 2 is 1.19 bits per heavy atom. The van der Waals surface area contributed by atoms with Crippen LogP contribution in [0.2, 0.25) is 0 Å². The number of hydrogen-bond donors (Lipinski definition) is 0. The number of thiophene rings is 1. The summed E-state index contributed by atoms with van der Waals surface area (Å²) in [6.45, 7) is 2.30. The van der Waals surface area contributed by atoms with Crippen molar-refractivity contribution >= 4 is 80.2 Å². The van der Waals surface area contributed by atoms with Crippen molar-refractivity contribution in [3.63, 3.8) is 0 Å². The Bertz CT molecular complexity index is 3590. The molecular weight excluding hydrogens is 733 g/mol. The average molecular weight is 771 g/mol. The zero-order chi connectivity index (χ0) is 39.0. The molecule has 0 fully saturated rings. The molecule has 0 N–H and O–H groups in total. The van der Waals surface area contributed by atoms with Crippen LogP contribution in [-0.2, 0) is 12.8 Å². The van der Waals surface area contributed by atoms with Crippen molar-refractivity contribution in [1.29, 1.82) is 0 Å². The Morgan fingerprint density at radius 1 is 0.492 bits per heavy atom. The number of benzene rings is 9. The van der Waals surface area contributed by atoms with Crippen molar-refractivity contribution in [3.05, 3.63) is 205 Å². The Kier molecular flexibility index (Phi) is 7.79. The standard InChI is InChI=1S/C56H38N2S/c1-35-24-28-37-13-2-5-16-41(37)52(35)53-45(31-27-36-25-29-38(30-26-36)50-34-58-32-11-10-23-51(58)57-50)44-19-8-9-20-46(44)56-54(53)48-22-12-21-47(55(48)59-56)49-33-39-14-3-4-15-40(39)42-17-6-7-18-43(42)49/h2-26,28-30,32-34H,27,31H2,1H3. The molecule has 3 heteroatoms. The summed E-state index contributed by atoms with van der Waals surface area (Å²) in [6, 6.07) is 65.0. The summed E-state index contributed by atoms with van der Waals surface area (Å²) in [6.07, 6.45) is 6.01. The predicted molar refractivity (Wildman–Crippen MR) is 253 cm³/mol. The number of nitrogens with zero attached hydrogens (tertiary/aromatic N) is 2. The van der Waals surface area contributed by atoms with Crippen LogP contribution < -0.4 is 0 Å². The molecule has 3 aromatic heterocycles. The maximum atomic E-state index is 4.88. The molecule has 0 saturated heterocycles. The van der Waals surface area contributed by atoms with Gasteiger partial charge in [-0.1, -0.05) is 158 Å². The molecule has 9 aromatic carbocycles. The fourth-order valence-electron chi connectivity index (χ4n) is 9.71. The van der Waals surface area contributed by atoms with Gasteiger partial charge in [0.2, 0.25) is 0 Å². The van der Waals surface area contributed by atoms with Gasteiger partial charge in [-0.15, -0.1) is 11.3 Å². The fraction of sp³-hybridized carbons (Fsp3) is 0.0536. The van der Waals surface area contributed by atoms with Gasteiger partial charge in [-0.25, -0.2) is 4.98 Å². The minimum Gasteiger partial charge on any atom is -0.306 e. The van der Waals surface area contributed by atoms with Gasteiger partial charge < -0.3 is 4.40 Å². The Hall–Kier alpha value is -7.07. The molecule has 0 aliphatic heterocycles. The molecule has 0 bridgehead atoms. The third kappa shape index (κ3) is 5.42. The molecule has 12 aromatic rings. The Labute approximate surface area is 346 Å². The van der Waals surface area contributed by atoms with Gasteiger partial charge in [-0.05, 0) is 114 Å². The second-order valence-corrected chi connectivity index (χ2v) is 16.9. The minimum absolute atomic E-state index is 0.911. The van der Waals surface area contributed by atoms with E-state index in [9.17, 15) is 0 Å². The molecule has 0 unspecified atom stereocenters. The topological polar surface area (TPSA) is 17.3 Å². The summed E-state index contributed by atoms with van der Waals surface area (Å²) >= 11 is 1.96. The lowest BCUT2D eigenvalue weighted by Gasteiger charge is -2.20. The lowest BCUT2D eigenvalue weighted by atomic mass is 9.83. The summed E-state index contributed by atoms with van der Waals surface area (Å²) in [5.41, 5.74) is 12.4. The van der Waals surface area contributed by atoms with Crippen molar-refractivity contribution in [2.75, 3.05) is 0 Å². The molecule has 0 radical (unpaired) electrons. The first-order chi connectivity index (χ1) is 29.2. The molecule has 0 aliphatic carbocycles. The molecule has 278 valence electrons. The summed E-state index contributed by atoms with van der Waals surface area (Å²) in [5, 5.41) is 13.1. The first kappa shape index (κ1) is 34.0. The number of aromatic nitrogens is 2. The van der Waals surface area contributed by atoms with Crippen molar-refractivity contribution in [3.8, 4) is 33.5 Å². The summed E-state index contributed by atoms with van der Waals surface area (Å²) < 4.78 is 4.78. The molecule has 59 heavy (non-hydrogen) atoms. The van der Waals surface area contributed by atoms with Crippen molar-refractivity contribution < 1.29 is 0 Å². The third-order valence-electron chi connectivity index (χ3n) is 12.5. The molecule has 2 nitrogen and oxygen atoms in total. The predicted octanol–water partition coefficient (Wildman–Crippen LogP) is 15.4. The van der Waals surface area contributed by atoms with E-state index < -0.39 is 0 Å². The van der Waals surface area contributed by atoms with Crippen LogP contribution in [0, 0.1) is 6.92 Å². The van der Waals surface area contributed by atoms with Gasteiger partial charge >= 0.3 is 0 Å². The van der Waals surface area contributed by atoms with E-state index in [1.54, 1.807) is 0 Å². The average Bonchev–Trinajstić information content (AvgIpc) is 3.91. The molecule has 0 spiro atoms. The smallest absolute Gasteiger partial charge is 0.137 e. The molecular formula is C56H38N2S. The summed E-state index contributed by atoms with van der Waals surface area (Å²) in [4.78, 5) is 4.88. The summed E-state index contributed by atoms with van der Waals surface area (Å²) in [7, 11) is 0. The van der Waals surface area contributed by atoms with Crippen LogP contribution in [-0.4, -0.2) is 9.38 Å². The normalized spacial score (nSPS) is 11.9. The fourth-order valence-corrected chi connectivity index (χ4v) is 11.1. The van der Waals surface area contributed by atoms with Crippen molar-refractivity contribution in [2.45, 2.75) is 19.8 Å². The van der Waals surface area contributed by atoms with E-state index in [1.807, 2.05) is 23.5 Å². The first-order valence-electron chi connectivity index (χ1n) is 20.5. The number of fused-ring (bicyclic) bond motifs is 10. The van der Waals surface area contributed by atoms with Crippen LogP contribution in [0.25, 0.3) is 102 Å². The van der Waals surface area contributed by atoms with Crippen molar-refractivity contribution in [1.82, 2.24) is 9.38 Å². The highest BCUT2D eigenvalue weighted by atomic mass is 32.1. The van der Waals surface area contributed by atoms with E-state index in [1.165, 1.54) is 102 Å². The third-order valence-corrected chi connectivity index (χ3v) is 13.8. The highest BCUT2D eigenvalue weighted by molar-refractivity contribution is 7.27. The molecule has 0 aliphatic rings. The number of aryl methyl sites for hydroxylation is 3. The van der Waals surface area contributed by atoms with E-state index in [0.29, 0.717) is 0 Å². The van der Waals surface area contributed by atoms with Crippen LogP contribution in [0.3, 0.4) is 0 Å². The van der Waals surface area contributed by atoms with Gasteiger partial charge in [0.1, 0.15) is 5.65 Å². The second kappa shape index (κ2) is 13.5. The minimum atomic E-state index is 0.911. The summed E-state index contributed by atoms with van der Waals surface area (Å²) in [5.74, 6) is 0. The first-order valence-corrected chi connectivity index (χ1v) is 21.3. The van der Waals surface area contributed by atoms with Crippen LogP contribution in [0.15, 0.2) is 188 Å². The van der Waals surface area contributed by atoms with E-state index >= 15 is 0 Å². The van der Waals surface area contributed by atoms with Gasteiger partial charge in [0.25, 0.3) is 0 Å². The molecule has 12 rings (SSSR count). The van der Waals surface area contributed by atoms with Gasteiger partial charge in [0.05, 0.1) is 5.69 Å². The molecule has 0 atom stereocenters. The van der Waals surface area contributed by atoms with Gasteiger partial charge in [-0.2, -0.15) is 0 Å². The van der Waals surface area contributed by atoms with Crippen LogP contribution >= 0.6 is 11.3 Å². The van der Waals surface area contributed by atoms with Gasteiger partial charge in [0.15, 0.2) is 0 Å². The van der Waals surface area contributed by atoms with Gasteiger partial charge in [0, 0.05) is 43.7 Å². The zero-order valence-corrected chi connectivity index (χ0v) is 33.4. The molecule has 0 amide bonds. The quantitative estimate of drug-likeness (QED) is 0.154. The Morgan fingerprint density at radius 3 is 2.02 bits per heavy atom. The van der Waals surface area contributed by atoms with Crippen LogP contribution in [0.1, 0.15) is 16.7 Å². The molecule has 0 saturated carbocycles. The highest BCUT2D eigenvalue weighted by Gasteiger charge is 2.24. The number of imidazole rings is 1. The van der Waals surface area contributed by atoms with Crippen LogP contribution in [0.4, 0.5) is 0 Å². The number of rotatable bonds is 6. The number of hydrogen-bond acceptors (Lipinski definition) is 2. The van der Waals surface area contributed by atoms with Gasteiger partial charge in [-0.3, -0.25) is 0 Å². The van der Waals surface area contributed by atoms with E-state index in [0.717, 1.165) is 29.7 Å². The van der Waals surface area contributed by atoms with E-state index in [2.05, 4.69) is 188 Å². The second-order valence-electron chi connectivity index (χ2n) is 15.8. The monoisotopic (exact) mass is 770 g/mol. The lowest BCUT2D eigenvalue weighted by Crippen LogP contribution is -1.99. The van der Waals surface area contributed by atoms with Crippen LogP contribution in [0.5, 0.6) is 0 Å². The lowest BCUT2D eigenvalue weighted by molar-refractivity contribution is 0.972. The largest absolute Gasteiger partial charge is 0.306 e. The Balaban J connectivity index is 1.10. The SMILES string of the molecule is Cc1ccc2ccccc2c1-c1c(CCc2ccc(-c3cn4ccccc4n3)cc2)c2ccccc2c2sc3c(-c4cc5ccccc5c5ccccc45)cccc3c12. The van der Waals surface area contributed by atoms with E-state index in [-0.39, 0.29) is 0 Å². The maximum absolute atomic E-state index is 4.88. The molecule has 3 heterocycles. The van der Waals surface area contributed by atoms with E-state index in [4.69, 9.17) is 4.98 Å². The zero-order valence-electron chi connectivity index (χ0n) is 32.6. The maximum Gasteiger partial charge on any atom is 0.137 e. The van der Waals surface area contributed by atoms with Crippen molar-refractivity contribution in [2.24, 2.45) is 0 Å². The number of pyridine rings is 1. The highest BCUT2D eigenvalue weighted by Crippen LogP contribution is 2.51.